The van der Waals surface area contributed by atoms with Crippen molar-refractivity contribution in [1.29, 1.82) is 0 Å². The summed E-state index contributed by atoms with van der Waals surface area (Å²) in [4.78, 5) is 22.5. The first-order valence-corrected chi connectivity index (χ1v) is 6.08. The number of aromatic nitrogens is 5. The molecule has 1 N–H and O–H groups in total. The number of nitrogens with one attached hydrogen (secondary N) is 1. The van der Waals surface area contributed by atoms with Gasteiger partial charge in [-0.2, -0.15) is 5.10 Å². The first kappa shape index (κ1) is 12.9. The van der Waals surface area contributed by atoms with Gasteiger partial charge in [0.05, 0.1) is 17.2 Å². The molecule has 0 fully saturated rings. The number of hydrogen-bond donors (Lipinski definition) is 1. The largest absolute Gasteiger partial charge is 0.298 e. The summed E-state index contributed by atoms with van der Waals surface area (Å²) < 4.78 is 1.13. The highest BCUT2D eigenvalue weighted by atomic mass is 16.6. The molecule has 0 aliphatic heterocycles. The lowest BCUT2D eigenvalue weighted by atomic mass is 10.2. The van der Waals surface area contributed by atoms with Gasteiger partial charge in [0.1, 0.15) is 5.52 Å². The summed E-state index contributed by atoms with van der Waals surface area (Å²) >= 11 is 0. The maximum Gasteiger partial charge on any atom is 0.298 e. The molecule has 106 valence electrons. The SMILES string of the molecule is Cc1[nH]nc2c(=O)n(Cc3cccc([N+](=O)[O-])c3)nnc12. The van der Waals surface area contributed by atoms with Gasteiger partial charge in [0, 0.05) is 12.1 Å². The summed E-state index contributed by atoms with van der Waals surface area (Å²) in [5.41, 5.74) is 1.45. The Kier molecular flexibility index (Phi) is 2.94. The molecule has 1 aromatic carbocycles. The smallest absolute Gasteiger partial charge is 0.280 e. The number of H-pyrrole nitrogens is 1. The Morgan fingerprint density at radius 2 is 2.19 bits per heavy atom. The highest BCUT2D eigenvalue weighted by molar-refractivity contribution is 5.74. The van der Waals surface area contributed by atoms with Crippen LogP contribution in [0.4, 0.5) is 5.69 Å². The number of fused-ring (bicyclic) bond motifs is 1. The van der Waals surface area contributed by atoms with Crippen molar-refractivity contribution in [2.45, 2.75) is 13.5 Å². The third-order valence-electron chi connectivity index (χ3n) is 3.06. The Labute approximate surface area is 117 Å². The number of nitrogens with zero attached hydrogens (tertiary/aromatic N) is 5. The molecule has 0 aliphatic carbocycles. The van der Waals surface area contributed by atoms with Crippen molar-refractivity contribution in [2.24, 2.45) is 0 Å². The fraction of sp³-hybridized carbons (Fsp3) is 0.167. The van der Waals surface area contributed by atoms with E-state index in [1.54, 1.807) is 19.1 Å². The molecule has 0 atom stereocenters. The van der Waals surface area contributed by atoms with Crippen LogP contribution in [0.3, 0.4) is 0 Å². The molecule has 0 saturated carbocycles. The van der Waals surface area contributed by atoms with Crippen LogP contribution in [0.2, 0.25) is 0 Å². The van der Waals surface area contributed by atoms with E-state index in [1.807, 2.05) is 0 Å². The van der Waals surface area contributed by atoms with Gasteiger partial charge in [-0.05, 0) is 12.5 Å². The summed E-state index contributed by atoms with van der Waals surface area (Å²) in [7, 11) is 0. The average Bonchev–Trinajstić information content (AvgIpc) is 2.84. The van der Waals surface area contributed by atoms with Crippen LogP contribution in [-0.4, -0.2) is 30.1 Å². The topological polar surface area (TPSA) is 120 Å². The van der Waals surface area contributed by atoms with E-state index < -0.39 is 10.5 Å². The molecule has 0 radical (unpaired) electrons. The Morgan fingerprint density at radius 3 is 2.95 bits per heavy atom. The minimum atomic E-state index is -0.488. The molecule has 0 saturated heterocycles. The fourth-order valence-corrected chi connectivity index (χ4v) is 2.00. The Hall–Kier alpha value is -3.10. The quantitative estimate of drug-likeness (QED) is 0.561. The summed E-state index contributed by atoms with van der Waals surface area (Å²) in [5, 5.41) is 25.1. The van der Waals surface area contributed by atoms with E-state index in [4.69, 9.17) is 0 Å². The minimum absolute atomic E-state index is 0.0369. The zero-order valence-electron chi connectivity index (χ0n) is 11.0. The summed E-state index contributed by atoms with van der Waals surface area (Å²) in [6, 6.07) is 6.02. The zero-order chi connectivity index (χ0) is 15.0. The summed E-state index contributed by atoms with van der Waals surface area (Å²) in [5.74, 6) is 0. The first-order chi connectivity index (χ1) is 10.1. The highest BCUT2D eigenvalue weighted by Crippen LogP contribution is 2.13. The second-order valence-corrected chi connectivity index (χ2v) is 4.53. The number of rotatable bonds is 3. The molecule has 21 heavy (non-hydrogen) atoms. The van der Waals surface area contributed by atoms with Crippen LogP contribution in [-0.2, 0) is 6.54 Å². The summed E-state index contributed by atoms with van der Waals surface area (Å²) in [6.07, 6.45) is 0. The zero-order valence-corrected chi connectivity index (χ0v) is 11.0. The van der Waals surface area contributed by atoms with Crippen LogP contribution in [0, 0.1) is 17.0 Å². The van der Waals surface area contributed by atoms with Crippen LogP contribution in [0.5, 0.6) is 0 Å². The Balaban J connectivity index is 2.02. The van der Waals surface area contributed by atoms with Gasteiger partial charge in [0.2, 0.25) is 0 Å². The van der Waals surface area contributed by atoms with E-state index in [1.165, 1.54) is 12.1 Å². The minimum Gasteiger partial charge on any atom is -0.280 e. The van der Waals surface area contributed by atoms with Crippen molar-refractivity contribution in [1.82, 2.24) is 25.2 Å². The number of aryl methyl sites for hydroxylation is 1. The number of nitro groups is 1. The van der Waals surface area contributed by atoms with E-state index in [9.17, 15) is 14.9 Å². The van der Waals surface area contributed by atoms with Gasteiger partial charge < -0.3 is 0 Å². The lowest BCUT2D eigenvalue weighted by molar-refractivity contribution is -0.384. The van der Waals surface area contributed by atoms with Crippen molar-refractivity contribution >= 4 is 16.7 Å². The molecule has 2 heterocycles. The van der Waals surface area contributed by atoms with E-state index in [2.05, 4.69) is 20.5 Å². The fourth-order valence-electron chi connectivity index (χ4n) is 2.00. The summed E-state index contributed by atoms with van der Waals surface area (Å²) in [6.45, 7) is 1.84. The third-order valence-corrected chi connectivity index (χ3v) is 3.06. The molecule has 9 nitrogen and oxygen atoms in total. The van der Waals surface area contributed by atoms with Crippen molar-refractivity contribution in [3.05, 3.63) is 56.0 Å². The average molecular weight is 286 g/mol. The predicted octanol–water partition coefficient (Wildman–Crippen LogP) is 0.780. The number of benzene rings is 1. The van der Waals surface area contributed by atoms with Crippen LogP contribution in [0.25, 0.3) is 11.0 Å². The molecule has 2 aromatic heterocycles. The molecule has 3 rings (SSSR count). The van der Waals surface area contributed by atoms with Crippen LogP contribution >= 0.6 is 0 Å². The Morgan fingerprint density at radius 1 is 1.38 bits per heavy atom. The van der Waals surface area contributed by atoms with Gasteiger partial charge in [-0.1, -0.05) is 17.3 Å². The van der Waals surface area contributed by atoms with Gasteiger partial charge >= 0.3 is 0 Å². The lowest BCUT2D eigenvalue weighted by Crippen LogP contribution is -2.24. The van der Waals surface area contributed by atoms with E-state index >= 15 is 0 Å². The molecular formula is C12H10N6O3. The number of non-ortho nitro benzene ring substituents is 1. The monoisotopic (exact) mass is 286 g/mol. The highest BCUT2D eigenvalue weighted by Gasteiger charge is 2.12. The predicted molar refractivity (Wildman–Crippen MR) is 72.9 cm³/mol. The molecule has 0 unspecified atom stereocenters. The van der Waals surface area contributed by atoms with Crippen molar-refractivity contribution in [3.8, 4) is 0 Å². The second-order valence-electron chi connectivity index (χ2n) is 4.53. The van der Waals surface area contributed by atoms with Crippen LogP contribution in [0.15, 0.2) is 29.1 Å². The van der Waals surface area contributed by atoms with Crippen molar-refractivity contribution in [2.75, 3.05) is 0 Å². The molecular weight excluding hydrogens is 276 g/mol. The van der Waals surface area contributed by atoms with E-state index in [0.717, 1.165) is 4.68 Å². The molecule has 0 amide bonds. The van der Waals surface area contributed by atoms with E-state index in [-0.39, 0.29) is 17.7 Å². The van der Waals surface area contributed by atoms with Crippen molar-refractivity contribution < 1.29 is 4.92 Å². The molecule has 3 aromatic rings. The van der Waals surface area contributed by atoms with Gasteiger partial charge in [-0.3, -0.25) is 20.0 Å². The van der Waals surface area contributed by atoms with Gasteiger partial charge in [-0.25, -0.2) is 4.68 Å². The standard InChI is InChI=1S/C12H10N6O3/c1-7-10-11(14-13-7)12(19)17(16-15-10)6-8-3-2-4-9(5-8)18(20)21/h2-5H,6H2,1H3,(H,13,14). The number of aromatic amines is 1. The second kappa shape index (κ2) is 4.78. The number of nitro benzene ring substituents is 1. The van der Waals surface area contributed by atoms with E-state index in [0.29, 0.717) is 16.8 Å². The lowest BCUT2D eigenvalue weighted by Gasteiger charge is -2.03. The molecule has 9 heteroatoms. The van der Waals surface area contributed by atoms with Gasteiger partial charge in [0.15, 0.2) is 5.52 Å². The normalized spacial score (nSPS) is 10.9. The van der Waals surface area contributed by atoms with Gasteiger partial charge in [0.25, 0.3) is 11.2 Å². The number of hydrogen-bond acceptors (Lipinski definition) is 6. The maximum absolute atomic E-state index is 12.2. The first-order valence-electron chi connectivity index (χ1n) is 6.08. The van der Waals surface area contributed by atoms with Crippen LogP contribution < -0.4 is 5.56 Å². The van der Waals surface area contributed by atoms with Crippen molar-refractivity contribution in [3.63, 3.8) is 0 Å². The third kappa shape index (κ3) is 2.24. The van der Waals surface area contributed by atoms with Gasteiger partial charge in [-0.15, -0.1) is 5.10 Å². The molecule has 0 aliphatic rings. The molecule has 0 spiro atoms. The Bertz CT molecular complexity index is 897. The maximum atomic E-state index is 12.2. The molecule has 0 bridgehead atoms. The van der Waals surface area contributed by atoms with Crippen LogP contribution in [0.1, 0.15) is 11.3 Å².